The monoisotopic (exact) mass is 486 g/mol. The molecule has 0 aliphatic carbocycles. The second-order valence-corrected chi connectivity index (χ2v) is 9.58. The summed E-state index contributed by atoms with van der Waals surface area (Å²) in [6.45, 7) is 7.52. The van der Waals surface area contributed by atoms with Gasteiger partial charge in [0, 0.05) is 36.0 Å². The number of rotatable bonds is 9. The van der Waals surface area contributed by atoms with Gasteiger partial charge in [0.2, 0.25) is 0 Å². The minimum atomic E-state index is -0.851. The molecule has 11 heteroatoms. The summed E-state index contributed by atoms with van der Waals surface area (Å²) in [4.78, 5) is 28.2. The summed E-state index contributed by atoms with van der Waals surface area (Å²) in [5, 5.41) is 10.4. The first kappa shape index (κ1) is 27.1. The van der Waals surface area contributed by atoms with E-state index in [0.717, 1.165) is 10.5 Å². The van der Waals surface area contributed by atoms with Gasteiger partial charge in [0.15, 0.2) is 0 Å². The van der Waals surface area contributed by atoms with Crippen LogP contribution < -0.4 is 5.32 Å². The van der Waals surface area contributed by atoms with Gasteiger partial charge < -0.3 is 14.8 Å². The minimum Gasteiger partial charge on any atom is -0.467 e. The Morgan fingerprint density at radius 2 is 2.03 bits per heavy atom. The van der Waals surface area contributed by atoms with Crippen molar-refractivity contribution in [2.24, 2.45) is 5.11 Å². The first-order chi connectivity index (χ1) is 16.1. The Labute approximate surface area is 204 Å². The molecule has 0 saturated heterocycles. The number of nitrogens with one attached hydrogen (secondary N) is 1. The van der Waals surface area contributed by atoms with Crippen LogP contribution in [0.15, 0.2) is 40.4 Å². The second-order valence-electron chi connectivity index (χ2n) is 8.43. The number of benzene rings is 1. The second kappa shape index (κ2) is 12.9. The van der Waals surface area contributed by atoms with Crippen molar-refractivity contribution in [3.8, 4) is 12.3 Å². The van der Waals surface area contributed by atoms with E-state index in [1.165, 1.54) is 18.9 Å². The molecule has 0 spiro atoms. The summed E-state index contributed by atoms with van der Waals surface area (Å²) in [6.07, 6.45) is 6.93. The van der Waals surface area contributed by atoms with Crippen molar-refractivity contribution in [3.63, 3.8) is 0 Å². The number of terminal acetylenes is 1. The van der Waals surface area contributed by atoms with Gasteiger partial charge in [0.05, 0.1) is 13.7 Å². The highest BCUT2D eigenvalue weighted by atomic mass is 32.2. The molecule has 1 heterocycles. The molecule has 182 valence electrons. The number of hydrogen-bond donors (Lipinski definition) is 1. The van der Waals surface area contributed by atoms with Crippen LogP contribution in [0.3, 0.4) is 0 Å². The van der Waals surface area contributed by atoms with Gasteiger partial charge in [0.1, 0.15) is 11.6 Å². The number of hydrazine groups is 1. The molecule has 1 aliphatic heterocycles. The quantitative estimate of drug-likeness (QED) is 0.184. The lowest BCUT2D eigenvalue weighted by Crippen LogP contribution is -2.47. The SMILES string of the molecule is C#CCN1CC=C(SC[C@H](NC(=O)OC(C)(C)C)C(=O)OC)CN1Cc1ccc(N=[N+]=[N-])cc1. The van der Waals surface area contributed by atoms with Gasteiger partial charge in [-0.2, -0.15) is 0 Å². The van der Waals surface area contributed by atoms with Gasteiger partial charge in [-0.05, 0) is 36.8 Å². The van der Waals surface area contributed by atoms with E-state index < -0.39 is 23.7 Å². The first-order valence-electron chi connectivity index (χ1n) is 10.6. The maximum Gasteiger partial charge on any atom is 0.408 e. The normalized spacial score (nSPS) is 15.3. The number of carbonyl (C=O) groups excluding carboxylic acids is 2. The predicted molar refractivity (Wildman–Crippen MR) is 132 cm³/mol. The molecule has 1 N–H and O–H groups in total. The molecule has 1 amide bonds. The van der Waals surface area contributed by atoms with E-state index in [9.17, 15) is 9.59 Å². The fourth-order valence-corrected chi connectivity index (χ4v) is 4.11. The van der Waals surface area contributed by atoms with E-state index >= 15 is 0 Å². The predicted octanol–water partition coefficient (Wildman–Crippen LogP) is 3.98. The van der Waals surface area contributed by atoms with Crippen molar-refractivity contribution < 1.29 is 19.1 Å². The highest BCUT2D eigenvalue weighted by molar-refractivity contribution is 8.03. The summed E-state index contributed by atoms with van der Waals surface area (Å²) in [6, 6.07) is 6.48. The molecule has 0 radical (unpaired) electrons. The molecule has 34 heavy (non-hydrogen) atoms. The average molecular weight is 487 g/mol. The molecular weight excluding hydrogens is 456 g/mol. The van der Waals surface area contributed by atoms with Crippen molar-refractivity contribution >= 4 is 29.5 Å². The first-order valence-corrected chi connectivity index (χ1v) is 11.6. The van der Waals surface area contributed by atoms with Crippen LogP contribution >= 0.6 is 11.8 Å². The van der Waals surface area contributed by atoms with Crippen molar-refractivity contribution in [2.75, 3.05) is 32.5 Å². The number of carbonyl (C=O) groups is 2. The molecule has 1 aromatic rings. The lowest BCUT2D eigenvalue weighted by atomic mass is 10.2. The van der Waals surface area contributed by atoms with Crippen LogP contribution in [0, 0.1) is 12.3 Å². The van der Waals surface area contributed by atoms with Crippen LogP contribution in [0.2, 0.25) is 0 Å². The van der Waals surface area contributed by atoms with E-state index in [4.69, 9.17) is 21.4 Å². The number of amides is 1. The number of methoxy groups -OCH3 is 1. The van der Waals surface area contributed by atoms with Gasteiger partial charge in [-0.3, -0.25) is 0 Å². The zero-order valence-electron chi connectivity index (χ0n) is 19.9. The Balaban J connectivity index is 2.04. The van der Waals surface area contributed by atoms with Gasteiger partial charge in [-0.15, -0.1) is 18.2 Å². The molecule has 1 aromatic carbocycles. The van der Waals surface area contributed by atoms with Gasteiger partial charge in [-0.25, -0.2) is 19.6 Å². The summed E-state index contributed by atoms with van der Waals surface area (Å²) in [5.74, 6) is 2.43. The zero-order valence-corrected chi connectivity index (χ0v) is 20.7. The Kier molecular flexibility index (Phi) is 10.3. The summed E-state index contributed by atoms with van der Waals surface area (Å²) in [5.41, 5.74) is 9.47. The highest BCUT2D eigenvalue weighted by Gasteiger charge is 2.27. The third-order valence-corrected chi connectivity index (χ3v) is 5.78. The number of esters is 1. The fraction of sp³-hybridized carbons (Fsp3) is 0.478. The van der Waals surface area contributed by atoms with Crippen molar-refractivity contribution in [1.29, 1.82) is 0 Å². The molecule has 0 bridgehead atoms. The molecule has 0 fully saturated rings. The lowest BCUT2D eigenvalue weighted by molar-refractivity contribution is -0.142. The number of azide groups is 1. The average Bonchev–Trinajstić information content (AvgIpc) is 2.78. The number of ether oxygens (including phenoxy) is 2. The van der Waals surface area contributed by atoms with Gasteiger partial charge in [0.25, 0.3) is 0 Å². The van der Waals surface area contributed by atoms with Crippen LogP contribution in [0.4, 0.5) is 10.5 Å². The minimum absolute atomic E-state index is 0.293. The van der Waals surface area contributed by atoms with Crippen LogP contribution in [-0.4, -0.2) is 66.2 Å². The summed E-state index contributed by atoms with van der Waals surface area (Å²) in [7, 11) is 1.28. The summed E-state index contributed by atoms with van der Waals surface area (Å²) >= 11 is 1.47. The molecule has 1 aliphatic rings. The smallest absolute Gasteiger partial charge is 0.408 e. The van der Waals surface area contributed by atoms with E-state index in [-0.39, 0.29) is 0 Å². The molecule has 0 saturated carbocycles. The number of hydrogen-bond acceptors (Lipinski definition) is 8. The van der Waals surface area contributed by atoms with E-state index in [1.54, 1.807) is 32.9 Å². The summed E-state index contributed by atoms with van der Waals surface area (Å²) < 4.78 is 10.1. The molecule has 0 unspecified atom stereocenters. The van der Waals surface area contributed by atoms with E-state index in [0.29, 0.717) is 37.6 Å². The molecule has 0 aromatic heterocycles. The van der Waals surface area contributed by atoms with E-state index in [2.05, 4.69) is 37.4 Å². The number of nitrogens with zero attached hydrogens (tertiary/aromatic N) is 5. The number of thioether (sulfide) groups is 1. The van der Waals surface area contributed by atoms with Gasteiger partial charge in [-0.1, -0.05) is 41.4 Å². The molecule has 1 atom stereocenters. The molecular formula is C23H30N6O4S. The lowest BCUT2D eigenvalue weighted by Gasteiger charge is -2.37. The Morgan fingerprint density at radius 3 is 2.62 bits per heavy atom. The van der Waals surface area contributed by atoms with Crippen LogP contribution in [-0.2, 0) is 20.8 Å². The van der Waals surface area contributed by atoms with Crippen molar-refractivity contribution in [1.82, 2.24) is 15.3 Å². The Bertz CT molecular complexity index is 977. The van der Waals surface area contributed by atoms with E-state index in [1.807, 2.05) is 12.1 Å². The number of alkyl carbamates (subject to hydrolysis) is 1. The van der Waals surface area contributed by atoms with Crippen molar-refractivity contribution in [2.45, 2.75) is 39.0 Å². The molecule has 2 rings (SSSR count). The zero-order chi connectivity index (χ0) is 25.1. The van der Waals surface area contributed by atoms with Crippen LogP contribution in [0.1, 0.15) is 26.3 Å². The topological polar surface area (TPSA) is 120 Å². The standard InChI is InChI=1S/C23H30N6O4S/c1-6-12-28-13-11-19(15-29(28)14-17-7-9-18(10-8-17)26-27-24)34-16-20(21(30)32-5)25-22(31)33-23(2,3)4/h1,7-11,20H,12-16H2,2-5H3,(H,25,31)/t20-/m0/s1. The molecule has 10 nitrogen and oxygen atoms in total. The Morgan fingerprint density at radius 1 is 1.32 bits per heavy atom. The third-order valence-electron chi connectivity index (χ3n) is 4.62. The highest BCUT2D eigenvalue weighted by Crippen LogP contribution is 2.25. The maximum absolute atomic E-state index is 12.2. The third kappa shape index (κ3) is 9.00. The maximum atomic E-state index is 12.2. The fourth-order valence-electron chi connectivity index (χ4n) is 3.08. The van der Waals surface area contributed by atoms with Gasteiger partial charge >= 0.3 is 12.1 Å². The van der Waals surface area contributed by atoms with Crippen LogP contribution in [0.5, 0.6) is 0 Å². The van der Waals surface area contributed by atoms with Crippen molar-refractivity contribution in [3.05, 3.63) is 51.3 Å². The largest absolute Gasteiger partial charge is 0.467 e. The van der Waals surface area contributed by atoms with Crippen LogP contribution in [0.25, 0.3) is 10.4 Å². The Hall–Kier alpha value is -3.16.